The highest BCUT2D eigenvalue weighted by molar-refractivity contribution is 5.46. The molecule has 22 heavy (non-hydrogen) atoms. The molecule has 2 saturated heterocycles. The predicted molar refractivity (Wildman–Crippen MR) is 81.5 cm³/mol. The Hall–Kier alpha value is -1.46. The average molecular weight is 305 g/mol. The van der Waals surface area contributed by atoms with Crippen LogP contribution < -0.4 is 14.2 Å². The van der Waals surface area contributed by atoms with Gasteiger partial charge in [0, 0.05) is 12.1 Å². The first-order valence-electron chi connectivity index (χ1n) is 8.23. The minimum Gasteiger partial charge on any atom is -0.490 e. The molecule has 120 valence electrons. The lowest BCUT2D eigenvalue weighted by Gasteiger charge is -2.49. The van der Waals surface area contributed by atoms with E-state index in [4.69, 9.17) is 14.2 Å². The zero-order valence-electron chi connectivity index (χ0n) is 12.8. The SMILES string of the molecule is O[C@@]1(COc2ccc3c(c2)OCO3)CCCN2CCCC[C@@H]21. The van der Waals surface area contributed by atoms with E-state index < -0.39 is 5.60 Å². The molecule has 0 amide bonds. The van der Waals surface area contributed by atoms with Gasteiger partial charge in [0.2, 0.25) is 6.79 Å². The molecule has 5 nitrogen and oxygen atoms in total. The Morgan fingerprint density at radius 2 is 2.05 bits per heavy atom. The first-order chi connectivity index (χ1) is 10.7. The molecule has 1 aromatic carbocycles. The first-order valence-corrected chi connectivity index (χ1v) is 8.23. The van der Waals surface area contributed by atoms with Crippen LogP contribution in [0.1, 0.15) is 32.1 Å². The largest absolute Gasteiger partial charge is 0.490 e. The van der Waals surface area contributed by atoms with Gasteiger partial charge in [-0.15, -0.1) is 0 Å². The predicted octanol–water partition coefficient (Wildman–Crippen LogP) is 2.17. The molecule has 0 radical (unpaired) electrons. The second-order valence-electron chi connectivity index (χ2n) is 6.56. The molecule has 0 aromatic heterocycles. The van der Waals surface area contributed by atoms with E-state index in [0.29, 0.717) is 12.4 Å². The Labute approximate surface area is 130 Å². The van der Waals surface area contributed by atoms with E-state index in [-0.39, 0.29) is 12.8 Å². The molecular weight excluding hydrogens is 282 g/mol. The normalized spacial score (nSPS) is 30.9. The van der Waals surface area contributed by atoms with E-state index >= 15 is 0 Å². The molecule has 3 aliphatic heterocycles. The van der Waals surface area contributed by atoms with E-state index in [1.807, 2.05) is 18.2 Å². The lowest BCUT2D eigenvalue weighted by molar-refractivity contribution is -0.115. The number of benzene rings is 1. The van der Waals surface area contributed by atoms with Gasteiger partial charge >= 0.3 is 0 Å². The van der Waals surface area contributed by atoms with Gasteiger partial charge in [0.25, 0.3) is 0 Å². The standard InChI is InChI=1S/C17H23NO4/c19-17(7-3-9-18-8-2-1-4-16(17)18)11-20-13-5-6-14-15(10-13)22-12-21-14/h5-6,10,16,19H,1-4,7-9,11-12H2/t16-,17-/m1/s1. The van der Waals surface area contributed by atoms with E-state index in [1.165, 1.54) is 12.8 Å². The lowest BCUT2D eigenvalue weighted by atomic mass is 9.80. The number of piperidine rings is 2. The Morgan fingerprint density at radius 3 is 3.00 bits per heavy atom. The van der Waals surface area contributed by atoms with Crippen LogP contribution in [0.25, 0.3) is 0 Å². The van der Waals surface area contributed by atoms with Crippen molar-refractivity contribution in [2.75, 3.05) is 26.5 Å². The highest BCUT2D eigenvalue weighted by Crippen LogP contribution is 2.37. The van der Waals surface area contributed by atoms with Crippen molar-refractivity contribution in [3.05, 3.63) is 18.2 Å². The summed E-state index contributed by atoms with van der Waals surface area (Å²) in [4.78, 5) is 2.44. The number of rotatable bonds is 3. The third kappa shape index (κ3) is 2.52. The highest BCUT2D eigenvalue weighted by Gasteiger charge is 2.44. The molecule has 3 aliphatic rings. The molecule has 2 fully saturated rings. The Kier molecular flexibility index (Phi) is 3.62. The van der Waals surface area contributed by atoms with Crippen LogP contribution in [-0.4, -0.2) is 48.1 Å². The molecular formula is C17H23NO4. The van der Waals surface area contributed by atoms with Crippen molar-refractivity contribution < 1.29 is 19.3 Å². The van der Waals surface area contributed by atoms with Crippen LogP contribution in [0, 0.1) is 0 Å². The van der Waals surface area contributed by atoms with Crippen LogP contribution in [0.4, 0.5) is 0 Å². The molecule has 0 bridgehead atoms. The number of hydrogen-bond acceptors (Lipinski definition) is 5. The summed E-state index contributed by atoms with van der Waals surface area (Å²) >= 11 is 0. The fourth-order valence-electron chi connectivity index (χ4n) is 3.97. The summed E-state index contributed by atoms with van der Waals surface area (Å²) in [6.45, 7) is 2.82. The van der Waals surface area contributed by atoms with Crippen LogP contribution in [0.5, 0.6) is 17.2 Å². The number of hydrogen-bond donors (Lipinski definition) is 1. The molecule has 4 rings (SSSR count). The summed E-state index contributed by atoms with van der Waals surface area (Å²) < 4.78 is 16.6. The van der Waals surface area contributed by atoms with Crippen molar-refractivity contribution in [3.8, 4) is 17.2 Å². The fraction of sp³-hybridized carbons (Fsp3) is 0.647. The van der Waals surface area contributed by atoms with E-state index in [1.54, 1.807) is 0 Å². The van der Waals surface area contributed by atoms with Gasteiger partial charge in [-0.3, -0.25) is 4.90 Å². The molecule has 3 heterocycles. The van der Waals surface area contributed by atoms with Gasteiger partial charge in [-0.2, -0.15) is 0 Å². The Bertz CT molecular complexity index is 547. The second-order valence-corrected chi connectivity index (χ2v) is 6.56. The number of fused-ring (bicyclic) bond motifs is 2. The maximum atomic E-state index is 11.1. The van der Waals surface area contributed by atoms with Crippen molar-refractivity contribution >= 4 is 0 Å². The molecule has 0 spiro atoms. The Balaban J connectivity index is 1.45. The van der Waals surface area contributed by atoms with Crippen LogP contribution in [0.2, 0.25) is 0 Å². The molecule has 2 atom stereocenters. The quantitative estimate of drug-likeness (QED) is 0.927. The van der Waals surface area contributed by atoms with Crippen LogP contribution >= 0.6 is 0 Å². The molecule has 0 aliphatic carbocycles. The van der Waals surface area contributed by atoms with Crippen LogP contribution in [0.3, 0.4) is 0 Å². The summed E-state index contributed by atoms with van der Waals surface area (Å²) in [5.41, 5.74) is -0.741. The third-order valence-electron chi connectivity index (χ3n) is 5.12. The van der Waals surface area contributed by atoms with E-state index in [0.717, 1.165) is 43.9 Å². The molecule has 0 saturated carbocycles. The van der Waals surface area contributed by atoms with Gasteiger partial charge in [-0.25, -0.2) is 0 Å². The number of aliphatic hydroxyl groups is 1. The summed E-state index contributed by atoms with van der Waals surface area (Å²) in [5, 5.41) is 11.1. The second kappa shape index (κ2) is 5.63. The number of nitrogens with zero attached hydrogens (tertiary/aromatic N) is 1. The first kappa shape index (κ1) is 14.2. The lowest BCUT2D eigenvalue weighted by Crippen LogP contribution is -2.61. The maximum Gasteiger partial charge on any atom is 0.231 e. The molecule has 1 aromatic rings. The summed E-state index contributed by atoms with van der Waals surface area (Å²) in [6.07, 6.45) is 5.38. The summed E-state index contributed by atoms with van der Waals surface area (Å²) in [7, 11) is 0. The zero-order chi connectivity index (χ0) is 15.0. The van der Waals surface area contributed by atoms with Crippen molar-refractivity contribution in [1.29, 1.82) is 0 Å². The topological polar surface area (TPSA) is 51.2 Å². The van der Waals surface area contributed by atoms with Crippen molar-refractivity contribution in [2.24, 2.45) is 0 Å². The molecule has 1 N–H and O–H groups in total. The fourth-order valence-corrected chi connectivity index (χ4v) is 3.97. The number of ether oxygens (including phenoxy) is 3. The van der Waals surface area contributed by atoms with Gasteiger partial charge < -0.3 is 19.3 Å². The molecule has 5 heteroatoms. The summed E-state index contributed by atoms with van der Waals surface area (Å²) in [6, 6.07) is 5.81. The van der Waals surface area contributed by atoms with Gasteiger partial charge in [0.05, 0.1) is 0 Å². The zero-order valence-corrected chi connectivity index (χ0v) is 12.8. The minimum absolute atomic E-state index is 0.240. The van der Waals surface area contributed by atoms with Crippen molar-refractivity contribution in [2.45, 2.75) is 43.7 Å². The van der Waals surface area contributed by atoms with Gasteiger partial charge in [0.15, 0.2) is 11.5 Å². The summed E-state index contributed by atoms with van der Waals surface area (Å²) in [5.74, 6) is 2.19. The minimum atomic E-state index is -0.741. The van der Waals surface area contributed by atoms with E-state index in [9.17, 15) is 5.11 Å². The van der Waals surface area contributed by atoms with Gasteiger partial charge in [0.1, 0.15) is 18.0 Å². The third-order valence-corrected chi connectivity index (χ3v) is 5.12. The van der Waals surface area contributed by atoms with Crippen LogP contribution in [-0.2, 0) is 0 Å². The Morgan fingerprint density at radius 1 is 1.18 bits per heavy atom. The monoisotopic (exact) mass is 305 g/mol. The van der Waals surface area contributed by atoms with E-state index in [2.05, 4.69) is 4.90 Å². The van der Waals surface area contributed by atoms with Crippen molar-refractivity contribution in [1.82, 2.24) is 4.90 Å². The van der Waals surface area contributed by atoms with Gasteiger partial charge in [-0.1, -0.05) is 6.42 Å². The van der Waals surface area contributed by atoms with Gasteiger partial charge in [-0.05, 0) is 50.9 Å². The average Bonchev–Trinajstić information content (AvgIpc) is 3.01. The van der Waals surface area contributed by atoms with Crippen LogP contribution in [0.15, 0.2) is 18.2 Å². The van der Waals surface area contributed by atoms with Crippen molar-refractivity contribution in [3.63, 3.8) is 0 Å². The molecule has 0 unspecified atom stereocenters. The smallest absolute Gasteiger partial charge is 0.231 e. The maximum absolute atomic E-state index is 11.1. The highest BCUT2D eigenvalue weighted by atomic mass is 16.7.